The van der Waals surface area contributed by atoms with Crippen molar-refractivity contribution in [3.8, 4) is 0 Å². The Labute approximate surface area is 179 Å². The van der Waals surface area contributed by atoms with Crippen molar-refractivity contribution in [1.82, 2.24) is 4.90 Å². The average molecular weight is 451 g/mol. The molecule has 0 aromatic heterocycles. The largest absolute Gasteiger partial charge is 0.463 e. The minimum absolute atomic E-state index is 0.0799. The number of rotatable bonds is 7. The predicted octanol–water partition coefficient (Wildman–Crippen LogP) is 0.895. The minimum Gasteiger partial charge on any atom is -0.463 e. The first-order valence-electron chi connectivity index (χ1n) is 8.91. The maximum Gasteiger partial charge on any atom is 0.332 e. The van der Waals surface area contributed by atoms with Crippen LogP contribution in [-0.4, -0.2) is 68.2 Å². The Morgan fingerprint density at radius 3 is 2.68 bits per heavy atom. The molecular weight excluding hydrogens is 434 g/mol. The van der Waals surface area contributed by atoms with Crippen molar-refractivity contribution in [2.24, 2.45) is 5.11 Å². The van der Waals surface area contributed by atoms with Gasteiger partial charge in [0.1, 0.15) is 24.9 Å². The molecule has 0 radical (unpaired) electrons. The monoisotopic (exact) mass is 451 g/mol. The van der Waals surface area contributed by atoms with Crippen molar-refractivity contribution in [1.29, 1.82) is 0 Å². The van der Waals surface area contributed by atoms with E-state index in [1.807, 2.05) is 0 Å². The molecule has 0 bridgehead atoms. The zero-order valence-electron chi connectivity index (χ0n) is 16.1. The highest BCUT2D eigenvalue weighted by atomic mass is 32.2. The van der Waals surface area contributed by atoms with Crippen LogP contribution in [0.25, 0.3) is 10.4 Å². The third-order valence-electron chi connectivity index (χ3n) is 4.80. The lowest BCUT2D eigenvalue weighted by Gasteiger charge is -2.55. The molecule has 13 nitrogen and oxygen atoms in total. The number of nitrogens with zero attached hydrogens (tertiary/aromatic N) is 5. The zero-order chi connectivity index (χ0) is 22.8. The van der Waals surface area contributed by atoms with E-state index in [9.17, 15) is 29.6 Å². The van der Waals surface area contributed by atoms with E-state index in [0.29, 0.717) is 5.56 Å². The lowest BCUT2D eigenvalue weighted by Crippen LogP contribution is -2.76. The van der Waals surface area contributed by atoms with Crippen LogP contribution in [0, 0.1) is 10.1 Å². The fourth-order valence-corrected chi connectivity index (χ4v) is 4.71. The molecule has 1 aromatic carbocycles. The Kier molecular flexibility index (Phi) is 6.34. The number of thioether (sulfide) groups is 1. The fourth-order valence-electron chi connectivity index (χ4n) is 3.27. The van der Waals surface area contributed by atoms with Gasteiger partial charge in [0, 0.05) is 29.7 Å². The zero-order valence-corrected chi connectivity index (χ0v) is 16.9. The maximum atomic E-state index is 12.9. The van der Waals surface area contributed by atoms with E-state index in [-0.39, 0.29) is 18.0 Å². The second kappa shape index (κ2) is 8.79. The first-order valence-corrected chi connectivity index (χ1v) is 9.96. The topological polar surface area (TPSA) is 185 Å². The van der Waals surface area contributed by atoms with Crippen molar-refractivity contribution in [2.45, 2.75) is 36.6 Å². The number of amides is 1. The molecule has 164 valence electrons. The molecule has 4 atom stereocenters. The standard InChI is InChI=1S/C17H17N5O8S/c1-9(23)30-7-17(26)8-31-15-12(19-20-18)14(24)21(15)13(17)16(25)29-6-10-2-4-11(5-3-10)22(27)28/h2-5,12-13,15,26H,6-8H2,1H3/t12-,13?,15+,17?/m0/s1. The summed E-state index contributed by atoms with van der Waals surface area (Å²) < 4.78 is 10.1. The number of ether oxygens (including phenoxy) is 2. The van der Waals surface area contributed by atoms with E-state index in [0.717, 1.165) is 23.6 Å². The van der Waals surface area contributed by atoms with Crippen LogP contribution in [0.3, 0.4) is 0 Å². The van der Waals surface area contributed by atoms with Gasteiger partial charge in [-0.05, 0) is 23.2 Å². The molecule has 2 saturated heterocycles. The number of nitro groups is 1. The number of hydrogen-bond acceptors (Lipinski definition) is 10. The predicted molar refractivity (Wildman–Crippen MR) is 104 cm³/mol. The summed E-state index contributed by atoms with van der Waals surface area (Å²) in [5.41, 5.74) is 7.03. The van der Waals surface area contributed by atoms with Crippen LogP contribution >= 0.6 is 11.8 Å². The Morgan fingerprint density at radius 2 is 2.10 bits per heavy atom. The summed E-state index contributed by atoms with van der Waals surface area (Å²) in [6.07, 6.45) is 0. The number of benzene rings is 1. The molecule has 3 rings (SSSR count). The number of carbonyl (C=O) groups is 3. The lowest BCUT2D eigenvalue weighted by molar-refractivity contribution is -0.384. The number of β-lactam (4-membered cyclic amide) rings is 1. The molecule has 1 amide bonds. The van der Waals surface area contributed by atoms with Gasteiger partial charge in [0.05, 0.1) is 10.3 Å². The SMILES string of the molecule is CC(=O)OCC1(O)CS[C@@H]2[C@@H](N=[N+]=[N-])C(=O)N2C1C(=O)OCc1ccc([N+](=O)[O-])cc1. The molecule has 0 spiro atoms. The van der Waals surface area contributed by atoms with Gasteiger partial charge in [-0.3, -0.25) is 19.7 Å². The molecule has 2 aliphatic heterocycles. The Balaban J connectivity index is 1.78. The second-order valence-electron chi connectivity index (χ2n) is 6.91. The molecule has 0 saturated carbocycles. The van der Waals surface area contributed by atoms with Gasteiger partial charge in [-0.2, -0.15) is 0 Å². The van der Waals surface area contributed by atoms with Crippen LogP contribution in [0.5, 0.6) is 0 Å². The van der Waals surface area contributed by atoms with Gasteiger partial charge in [-0.25, -0.2) is 4.79 Å². The van der Waals surface area contributed by atoms with Crippen LogP contribution in [0.4, 0.5) is 5.69 Å². The van der Waals surface area contributed by atoms with Crippen molar-refractivity contribution >= 4 is 35.3 Å². The van der Waals surface area contributed by atoms with E-state index in [1.165, 1.54) is 24.3 Å². The molecular formula is C17H17N5O8S. The first-order chi connectivity index (χ1) is 14.7. The first kappa shape index (κ1) is 22.3. The van der Waals surface area contributed by atoms with Crippen LogP contribution in [-0.2, 0) is 30.5 Å². The van der Waals surface area contributed by atoms with Crippen LogP contribution in [0.1, 0.15) is 12.5 Å². The van der Waals surface area contributed by atoms with Gasteiger partial charge in [0.2, 0.25) is 5.91 Å². The van der Waals surface area contributed by atoms with Crippen molar-refractivity contribution in [3.63, 3.8) is 0 Å². The van der Waals surface area contributed by atoms with Gasteiger partial charge in [-0.15, -0.1) is 11.8 Å². The molecule has 31 heavy (non-hydrogen) atoms. The molecule has 0 aliphatic carbocycles. The molecule has 2 heterocycles. The highest BCUT2D eigenvalue weighted by Gasteiger charge is 2.62. The highest BCUT2D eigenvalue weighted by molar-refractivity contribution is 8.00. The molecule has 1 N–H and O–H groups in total. The number of non-ortho nitro benzene ring substituents is 1. The summed E-state index contributed by atoms with van der Waals surface area (Å²) >= 11 is 1.09. The van der Waals surface area contributed by atoms with Crippen LogP contribution in [0.2, 0.25) is 0 Å². The number of esters is 2. The van der Waals surface area contributed by atoms with E-state index in [2.05, 4.69) is 10.0 Å². The van der Waals surface area contributed by atoms with Crippen molar-refractivity contribution in [3.05, 3.63) is 50.4 Å². The third-order valence-corrected chi connectivity index (χ3v) is 6.29. The number of carbonyl (C=O) groups excluding carboxylic acids is 3. The molecule has 2 fully saturated rings. The number of nitro benzene ring substituents is 1. The van der Waals surface area contributed by atoms with E-state index in [4.69, 9.17) is 15.0 Å². The Hall–Kier alpha value is -3.35. The summed E-state index contributed by atoms with van der Waals surface area (Å²) in [4.78, 5) is 50.4. The fraction of sp³-hybridized carbons (Fsp3) is 0.471. The summed E-state index contributed by atoms with van der Waals surface area (Å²) in [6.45, 7) is 0.322. The Morgan fingerprint density at radius 1 is 1.42 bits per heavy atom. The summed E-state index contributed by atoms with van der Waals surface area (Å²) in [6, 6.07) is 2.80. The summed E-state index contributed by atoms with van der Waals surface area (Å²) in [5.74, 6) is -2.37. The van der Waals surface area contributed by atoms with Gasteiger partial charge in [0.25, 0.3) is 5.69 Å². The minimum atomic E-state index is -1.92. The third kappa shape index (κ3) is 4.40. The smallest absolute Gasteiger partial charge is 0.332 e. The summed E-state index contributed by atoms with van der Waals surface area (Å²) in [7, 11) is 0. The second-order valence-corrected chi connectivity index (χ2v) is 8.02. The van der Waals surface area contributed by atoms with E-state index in [1.54, 1.807) is 0 Å². The average Bonchev–Trinajstić information content (AvgIpc) is 2.74. The van der Waals surface area contributed by atoms with Crippen LogP contribution < -0.4 is 0 Å². The number of aliphatic hydroxyl groups is 1. The molecule has 1 aromatic rings. The van der Waals surface area contributed by atoms with E-state index < -0.39 is 52.4 Å². The van der Waals surface area contributed by atoms with Crippen LogP contribution in [0.15, 0.2) is 29.4 Å². The Bertz CT molecular complexity index is 966. The summed E-state index contributed by atoms with van der Waals surface area (Å²) in [5, 5.41) is 24.5. The van der Waals surface area contributed by atoms with Crippen molar-refractivity contribution < 1.29 is 33.9 Å². The van der Waals surface area contributed by atoms with Gasteiger partial charge in [0.15, 0.2) is 6.04 Å². The van der Waals surface area contributed by atoms with Crippen molar-refractivity contribution in [2.75, 3.05) is 12.4 Å². The van der Waals surface area contributed by atoms with E-state index >= 15 is 0 Å². The number of fused-ring (bicyclic) bond motifs is 1. The van der Waals surface area contributed by atoms with Gasteiger partial charge >= 0.3 is 11.9 Å². The van der Waals surface area contributed by atoms with Gasteiger partial charge in [-0.1, -0.05) is 5.11 Å². The number of hydrogen-bond donors (Lipinski definition) is 1. The number of azide groups is 1. The molecule has 2 unspecified atom stereocenters. The quantitative estimate of drug-likeness (QED) is 0.119. The lowest BCUT2D eigenvalue weighted by atomic mass is 9.90. The highest BCUT2D eigenvalue weighted by Crippen LogP contribution is 2.44. The maximum absolute atomic E-state index is 12.9. The molecule has 14 heteroatoms. The molecule has 2 aliphatic rings. The van der Waals surface area contributed by atoms with Gasteiger partial charge < -0.3 is 19.5 Å². The normalized spacial score (nSPS) is 26.7.